The second kappa shape index (κ2) is 10.2. The number of thiophene rings is 1. The smallest absolute Gasteiger partial charge is 0.257 e. The molecule has 1 saturated carbocycles. The number of hydrogen-bond acceptors (Lipinski definition) is 4. The van der Waals surface area contributed by atoms with E-state index in [0.29, 0.717) is 25.6 Å². The molecule has 1 fully saturated rings. The molecule has 0 saturated heterocycles. The van der Waals surface area contributed by atoms with Gasteiger partial charge in [-0.05, 0) is 72.9 Å². The van der Waals surface area contributed by atoms with E-state index in [2.05, 4.69) is 11.4 Å². The van der Waals surface area contributed by atoms with Crippen molar-refractivity contribution in [1.82, 2.24) is 9.80 Å². The minimum absolute atomic E-state index is 0.0131. The van der Waals surface area contributed by atoms with E-state index in [1.54, 1.807) is 23.5 Å². The van der Waals surface area contributed by atoms with Crippen LogP contribution in [0.15, 0.2) is 60.0 Å². The third-order valence-corrected chi connectivity index (χ3v) is 7.80. The fourth-order valence-electron chi connectivity index (χ4n) is 4.65. The van der Waals surface area contributed by atoms with Crippen molar-refractivity contribution in [3.63, 3.8) is 0 Å². The van der Waals surface area contributed by atoms with Crippen LogP contribution in [0.4, 0.5) is 4.39 Å². The predicted octanol–water partition coefficient (Wildman–Crippen LogP) is 5.25. The molecule has 1 aliphatic heterocycles. The molecular weight excluding hydrogens is 463 g/mol. The van der Waals surface area contributed by atoms with E-state index in [4.69, 9.17) is 4.74 Å². The summed E-state index contributed by atoms with van der Waals surface area (Å²) in [5, 5.41) is 2.06. The van der Waals surface area contributed by atoms with E-state index < -0.39 is 11.7 Å². The van der Waals surface area contributed by atoms with Crippen LogP contribution >= 0.6 is 11.3 Å². The topological polar surface area (TPSA) is 49.9 Å². The van der Waals surface area contributed by atoms with Crippen molar-refractivity contribution in [3.8, 4) is 5.75 Å². The van der Waals surface area contributed by atoms with Crippen LogP contribution in [0.25, 0.3) is 0 Å². The summed E-state index contributed by atoms with van der Waals surface area (Å²) in [5.74, 6) is 0.0573. The van der Waals surface area contributed by atoms with E-state index in [1.165, 1.54) is 21.9 Å². The first-order valence-corrected chi connectivity index (χ1v) is 13.0. The van der Waals surface area contributed by atoms with Crippen molar-refractivity contribution in [2.24, 2.45) is 5.92 Å². The quantitative estimate of drug-likeness (QED) is 0.431. The molecule has 2 heterocycles. The zero-order valence-corrected chi connectivity index (χ0v) is 20.6. The van der Waals surface area contributed by atoms with E-state index in [9.17, 15) is 14.0 Å². The highest BCUT2D eigenvalue weighted by atomic mass is 32.1. The molecule has 2 amide bonds. The lowest BCUT2D eigenvalue weighted by Crippen LogP contribution is -2.48. The largest absolute Gasteiger partial charge is 0.491 e. The molecule has 0 N–H and O–H groups in total. The monoisotopic (exact) mass is 492 g/mol. The predicted molar refractivity (Wildman–Crippen MR) is 134 cm³/mol. The van der Waals surface area contributed by atoms with Crippen molar-refractivity contribution in [3.05, 3.63) is 87.4 Å². The molecular formula is C28H29FN2O3S. The van der Waals surface area contributed by atoms with Crippen LogP contribution in [0.3, 0.4) is 0 Å². The molecule has 1 aromatic heterocycles. The highest BCUT2D eigenvalue weighted by molar-refractivity contribution is 7.10. The Balaban J connectivity index is 1.36. The van der Waals surface area contributed by atoms with Crippen LogP contribution in [0.1, 0.15) is 45.2 Å². The Kier molecular flexibility index (Phi) is 6.86. The fraction of sp³-hybridized carbons (Fsp3) is 0.357. The Morgan fingerprint density at radius 3 is 2.66 bits per heavy atom. The molecule has 2 aromatic carbocycles. The minimum Gasteiger partial charge on any atom is -0.491 e. The third kappa shape index (κ3) is 5.25. The summed E-state index contributed by atoms with van der Waals surface area (Å²) in [6, 6.07) is 15.7. The standard InChI is InChI=1S/C28H29FN2O3S/c1-19-6-2-5-9-25(19)34-18-24-22-13-15-35-26(22)12-14-31(24)27(32)17-30(16-20-10-11-20)28(33)21-7-3-4-8-23(21)29/h2-9,13,15,20,24H,10-12,14,16-18H2,1H3/t24-/m1/s1. The van der Waals surface area contributed by atoms with Gasteiger partial charge in [-0.2, -0.15) is 0 Å². The van der Waals surface area contributed by atoms with Crippen molar-refractivity contribution in [2.45, 2.75) is 32.2 Å². The molecule has 0 bridgehead atoms. The fourth-order valence-corrected chi connectivity index (χ4v) is 5.58. The summed E-state index contributed by atoms with van der Waals surface area (Å²) in [7, 11) is 0. The summed E-state index contributed by atoms with van der Waals surface area (Å²) in [4.78, 5) is 31.5. The van der Waals surface area contributed by atoms with Gasteiger partial charge in [0.05, 0.1) is 11.6 Å². The van der Waals surface area contributed by atoms with E-state index >= 15 is 0 Å². The van der Waals surface area contributed by atoms with Crippen molar-refractivity contribution >= 4 is 23.2 Å². The molecule has 5 nitrogen and oxygen atoms in total. The van der Waals surface area contributed by atoms with Crippen molar-refractivity contribution in [1.29, 1.82) is 0 Å². The molecule has 5 rings (SSSR count). The molecule has 182 valence electrons. The number of nitrogens with zero attached hydrogens (tertiary/aromatic N) is 2. The molecule has 2 aliphatic rings. The molecule has 1 aliphatic carbocycles. The first-order valence-electron chi connectivity index (χ1n) is 12.1. The van der Waals surface area contributed by atoms with Crippen LogP contribution < -0.4 is 4.74 Å². The molecule has 0 unspecified atom stereocenters. The number of rotatable bonds is 8. The first-order chi connectivity index (χ1) is 17.0. The van der Waals surface area contributed by atoms with E-state index in [-0.39, 0.29) is 24.1 Å². The van der Waals surface area contributed by atoms with Gasteiger partial charge in [0, 0.05) is 18.0 Å². The second-order valence-electron chi connectivity index (χ2n) is 9.34. The van der Waals surface area contributed by atoms with Crippen molar-refractivity contribution < 1.29 is 18.7 Å². The number of benzene rings is 2. The summed E-state index contributed by atoms with van der Waals surface area (Å²) in [6.07, 6.45) is 2.84. The van der Waals surface area contributed by atoms with Crippen LogP contribution in [0.5, 0.6) is 5.75 Å². The highest BCUT2D eigenvalue weighted by Gasteiger charge is 2.35. The molecule has 0 radical (unpaired) electrons. The summed E-state index contributed by atoms with van der Waals surface area (Å²) in [6.45, 7) is 3.31. The molecule has 35 heavy (non-hydrogen) atoms. The lowest BCUT2D eigenvalue weighted by atomic mass is 10.00. The maximum absolute atomic E-state index is 14.4. The van der Waals surface area contributed by atoms with Gasteiger partial charge < -0.3 is 14.5 Å². The van der Waals surface area contributed by atoms with Gasteiger partial charge >= 0.3 is 0 Å². The van der Waals surface area contributed by atoms with Crippen LogP contribution in [-0.4, -0.2) is 47.9 Å². The number of carbonyl (C=O) groups excluding carboxylic acids is 2. The Labute approximate surface area is 209 Å². The van der Waals surface area contributed by atoms with Crippen LogP contribution in [0.2, 0.25) is 0 Å². The Hall–Kier alpha value is -3.19. The summed E-state index contributed by atoms with van der Waals surface area (Å²) in [5.41, 5.74) is 2.16. The van der Waals surface area contributed by atoms with Crippen LogP contribution in [-0.2, 0) is 11.2 Å². The van der Waals surface area contributed by atoms with Gasteiger partial charge in [0.25, 0.3) is 5.91 Å². The number of hydrogen-bond donors (Lipinski definition) is 0. The minimum atomic E-state index is -0.559. The number of aryl methyl sites for hydroxylation is 1. The maximum atomic E-state index is 14.4. The van der Waals surface area contributed by atoms with Gasteiger partial charge in [0.2, 0.25) is 5.91 Å². The normalized spacial score (nSPS) is 17.1. The maximum Gasteiger partial charge on any atom is 0.257 e. The molecule has 1 atom stereocenters. The Bertz CT molecular complexity index is 1220. The highest BCUT2D eigenvalue weighted by Crippen LogP contribution is 2.35. The Morgan fingerprint density at radius 1 is 1.11 bits per heavy atom. The molecule has 7 heteroatoms. The van der Waals surface area contributed by atoms with Gasteiger partial charge in [0.15, 0.2) is 0 Å². The van der Waals surface area contributed by atoms with Crippen LogP contribution in [0, 0.1) is 18.7 Å². The van der Waals surface area contributed by atoms with Crippen molar-refractivity contribution in [2.75, 3.05) is 26.2 Å². The number of para-hydroxylation sites is 1. The zero-order valence-electron chi connectivity index (χ0n) is 19.8. The number of ether oxygens (including phenoxy) is 1. The average Bonchev–Trinajstić information content (AvgIpc) is 3.55. The van der Waals surface area contributed by atoms with Gasteiger partial charge in [-0.25, -0.2) is 4.39 Å². The lowest BCUT2D eigenvalue weighted by molar-refractivity contribution is -0.135. The number of halogens is 1. The molecule has 3 aromatic rings. The number of amides is 2. The number of carbonyl (C=O) groups is 2. The summed E-state index contributed by atoms with van der Waals surface area (Å²) < 4.78 is 20.5. The van der Waals surface area contributed by atoms with Gasteiger partial charge in [-0.15, -0.1) is 11.3 Å². The molecule has 0 spiro atoms. The number of fused-ring (bicyclic) bond motifs is 1. The second-order valence-corrected chi connectivity index (χ2v) is 10.3. The lowest BCUT2D eigenvalue weighted by Gasteiger charge is -2.37. The SMILES string of the molecule is Cc1ccccc1OC[C@@H]1c2ccsc2CCN1C(=O)CN(CC1CC1)C(=O)c1ccccc1F. The van der Waals surface area contributed by atoms with Gasteiger partial charge in [-0.3, -0.25) is 9.59 Å². The van der Waals surface area contributed by atoms with E-state index in [1.807, 2.05) is 36.1 Å². The summed E-state index contributed by atoms with van der Waals surface area (Å²) >= 11 is 1.70. The zero-order chi connectivity index (χ0) is 24.4. The first kappa shape index (κ1) is 23.5. The van der Waals surface area contributed by atoms with E-state index in [0.717, 1.165) is 36.1 Å². The Morgan fingerprint density at radius 2 is 1.89 bits per heavy atom. The average molecular weight is 493 g/mol. The van der Waals surface area contributed by atoms with Gasteiger partial charge in [0.1, 0.15) is 24.7 Å². The third-order valence-electron chi connectivity index (χ3n) is 6.80. The van der Waals surface area contributed by atoms with Gasteiger partial charge in [-0.1, -0.05) is 30.3 Å².